The second-order valence-electron chi connectivity index (χ2n) is 5.83. The van der Waals surface area contributed by atoms with E-state index in [1.54, 1.807) is 6.20 Å². The van der Waals surface area contributed by atoms with Crippen molar-refractivity contribution in [3.05, 3.63) is 41.9 Å². The average Bonchev–Trinajstić information content (AvgIpc) is 3.05. The van der Waals surface area contributed by atoms with Gasteiger partial charge in [0.05, 0.1) is 0 Å². The molecular weight excluding hydrogens is 278 g/mol. The minimum absolute atomic E-state index is 0.00354. The summed E-state index contributed by atoms with van der Waals surface area (Å²) in [5, 5.41) is 7.09. The summed E-state index contributed by atoms with van der Waals surface area (Å²) in [6.45, 7) is 7.13. The van der Waals surface area contributed by atoms with Crippen LogP contribution < -0.4 is 4.90 Å². The quantitative estimate of drug-likeness (QED) is 0.940. The summed E-state index contributed by atoms with van der Waals surface area (Å²) in [7, 11) is 0. The minimum atomic E-state index is 0.00354. The summed E-state index contributed by atoms with van der Waals surface area (Å²) in [4.78, 5) is 20.9. The third-order valence-electron chi connectivity index (χ3n) is 3.98. The molecule has 0 radical (unpaired) electrons. The molecule has 0 atom stereocenters. The molecule has 22 heavy (non-hydrogen) atoms. The molecular formula is C16H21N5O. The molecule has 0 spiro atoms. The van der Waals surface area contributed by atoms with Crippen LogP contribution in [0.15, 0.2) is 30.5 Å². The summed E-state index contributed by atoms with van der Waals surface area (Å²) in [5.41, 5.74) is 1.51. The van der Waals surface area contributed by atoms with E-state index in [-0.39, 0.29) is 5.91 Å². The van der Waals surface area contributed by atoms with Gasteiger partial charge in [0.2, 0.25) is 0 Å². The van der Waals surface area contributed by atoms with Gasteiger partial charge in [-0.05, 0) is 24.1 Å². The standard InChI is InChI=1S/C16H21N5O/c1-12(2)13-11-14(19-18-13)16(22)21-9-7-20(8-10-21)15-5-3-4-6-17-15/h3-6,11-12H,7-10H2,1-2H3,(H,18,19). The molecule has 1 aliphatic rings. The van der Waals surface area contributed by atoms with Crippen molar-refractivity contribution in [2.75, 3.05) is 31.1 Å². The van der Waals surface area contributed by atoms with Gasteiger partial charge in [0.15, 0.2) is 0 Å². The van der Waals surface area contributed by atoms with Crippen LogP contribution >= 0.6 is 0 Å². The fraction of sp³-hybridized carbons (Fsp3) is 0.438. The smallest absolute Gasteiger partial charge is 0.274 e. The minimum Gasteiger partial charge on any atom is -0.353 e. The zero-order chi connectivity index (χ0) is 15.5. The first-order valence-corrected chi connectivity index (χ1v) is 7.65. The van der Waals surface area contributed by atoms with Crippen LogP contribution in [0.4, 0.5) is 5.82 Å². The highest BCUT2D eigenvalue weighted by Gasteiger charge is 2.24. The van der Waals surface area contributed by atoms with Crippen LogP contribution in [0.1, 0.15) is 35.9 Å². The Morgan fingerprint density at radius 3 is 2.59 bits per heavy atom. The van der Waals surface area contributed by atoms with Crippen molar-refractivity contribution in [1.29, 1.82) is 0 Å². The molecule has 0 aromatic carbocycles. The fourth-order valence-electron chi connectivity index (χ4n) is 2.58. The predicted molar refractivity (Wildman–Crippen MR) is 85.0 cm³/mol. The van der Waals surface area contributed by atoms with Gasteiger partial charge in [-0.15, -0.1) is 0 Å². The normalized spacial score (nSPS) is 15.4. The van der Waals surface area contributed by atoms with Crippen molar-refractivity contribution >= 4 is 11.7 Å². The zero-order valence-electron chi connectivity index (χ0n) is 13.0. The van der Waals surface area contributed by atoms with Gasteiger partial charge in [0.1, 0.15) is 11.5 Å². The number of carbonyl (C=O) groups is 1. The maximum absolute atomic E-state index is 12.5. The molecule has 2 aromatic heterocycles. The predicted octanol–water partition coefficient (Wildman–Crippen LogP) is 1.89. The number of carbonyl (C=O) groups excluding carboxylic acids is 1. The number of anilines is 1. The van der Waals surface area contributed by atoms with E-state index in [2.05, 4.69) is 33.9 Å². The maximum atomic E-state index is 12.5. The summed E-state index contributed by atoms with van der Waals surface area (Å²) < 4.78 is 0. The third-order valence-corrected chi connectivity index (χ3v) is 3.98. The fourth-order valence-corrected chi connectivity index (χ4v) is 2.58. The lowest BCUT2D eigenvalue weighted by Crippen LogP contribution is -2.49. The second-order valence-corrected chi connectivity index (χ2v) is 5.83. The Bertz CT molecular complexity index is 629. The van der Waals surface area contributed by atoms with Crippen molar-refractivity contribution in [2.45, 2.75) is 19.8 Å². The zero-order valence-corrected chi connectivity index (χ0v) is 13.0. The highest BCUT2D eigenvalue weighted by atomic mass is 16.2. The number of hydrogen-bond acceptors (Lipinski definition) is 4. The average molecular weight is 299 g/mol. The Labute approximate surface area is 130 Å². The van der Waals surface area contributed by atoms with Gasteiger partial charge in [0.25, 0.3) is 5.91 Å². The molecule has 0 aliphatic carbocycles. The Morgan fingerprint density at radius 2 is 2.00 bits per heavy atom. The largest absolute Gasteiger partial charge is 0.353 e. The SMILES string of the molecule is CC(C)c1cc(C(=O)N2CCN(c3ccccn3)CC2)n[nH]1. The van der Waals surface area contributed by atoms with Crippen LogP contribution in [-0.2, 0) is 0 Å². The van der Waals surface area contributed by atoms with Crippen LogP contribution in [0.3, 0.4) is 0 Å². The van der Waals surface area contributed by atoms with Crippen molar-refractivity contribution in [3.8, 4) is 0 Å². The molecule has 3 heterocycles. The first-order chi connectivity index (χ1) is 10.6. The number of H-pyrrole nitrogens is 1. The molecule has 2 aromatic rings. The summed E-state index contributed by atoms with van der Waals surface area (Å²) in [6, 6.07) is 7.75. The van der Waals surface area contributed by atoms with Gasteiger partial charge in [-0.25, -0.2) is 4.98 Å². The first-order valence-electron chi connectivity index (χ1n) is 7.65. The molecule has 1 amide bonds. The number of amides is 1. The molecule has 0 unspecified atom stereocenters. The molecule has 1 aliphatic heterocycles. The van der Waals surface area contributed by atoms with Crippen molar-refractivity contribution < 1.29 is 4.79 Å². The van der Waals surface area contributed by atoms with E-state index in [4.69, 9.17) is 0 Å². The molecule has 0 saturated carbocycles. The topological polar surface area (TPSA) is 65.1 Å². The number of piperazine rings is 1. The lowest BCUT2D eigenvalue weighted by molar-refractivity contribution is 0.0740. The highest BCUT2D eigenvalue weighted by molar-refractivity contribution is 5.92. The lowest BCUT2D eigenvalue weighted by atomic mass is 10.1. The molecule has 1 saturated heterocycles. The Kier molecular flexibility index (Phi) is 4.09. The van der Waals surface area contributed by atoms with Crippen LogP contribution in [0.25, 0.3) is 0 Å². The number of rotatable bonds is 3. The van der Waals surface area contributed by atoms with Gasteiger partial charge in [-0.3, -0.25) is 9.89 Å². The molecule has 1 N–H and O–H groups in total. The first kappa shape index (κ1) is 14.6. The Balaban J connectivity index is 1.62. The van der Waals surface area contributed by atoms with Crippen molar-refractivity contribution in [2.24, 2.45) is 0 Å². The van der Waals surface area contributed by atoms with Crippen molar-refractivity contribution in [3.63, 3.8) is 0 Å². The highest BCUT2D eigenvalue weighted by Crippen LogP contribution is 2.16. The van der Waals surface area contributed by atoms with Gasteiger partial charge in [-0.1, -0.05) is 19.9 Å². The number of pyridine rings is 1. The Morgan fingerprint density at radius 1 is 1.23 bits per heavy atom. The van der Waals surface area contributed by atoms with Crippen molar-refractivity contribution in [1.82, 2.24) is 20.1 Å². The van der Waals surface area contributed by atoms with Gasteiger partial charge in [0, 0.05) is 38.1 Å². The monoisotopic (exact) mass is 299 g/mol. The number of nitrogens with zero attached hydrogens (tertiary/aromatic N) is 4. The maximum Gasteiger partial charge on any atom is 0.274 e. The molecule has 3 rings (SSSR count). The van der Waals surface area contributed by atoms with E-state index >= 15 is 0 Å². The van der Waals surface area contributed by atoms with E-state index in [9.17, 15) is 4.79 Å². The molecule has 116 valence electrons. The number of nitrogens with one attached hydrogen (secondary N) is 1. The van der Waals surface area contributed by atoms with Crippen LogP contribution in [0.5, 0.6) is 0 Å². The van der Waals surface area contributed by atoms with Crippen LogP contribution in [0, 0.1) is 0 Å². The Hall–Kier alpha value is -2.37. The lowest BCUT2D eigenvalue weighted by Gasteiger charge is -2.35. The summed E-state index contributed by atoms with van der Waals surface area (Å²) in [6.07, 6.45) is 1.80. The molecule has 6 heteroatoms. The number of hydrogen-bond donors (Lipinski definition) is 1. The summed E-state index contributed by atoms with van der Waals surface area (Å²) in [5.74, 6) is 1.32. The molecule has 6 nitrogen and oxygen atoms in total. The van der Waals surface area contributed by atoms with Gasteiger partial charge in [-0.2, -0.15) is 5.10 Å². The molecule has 1 fully saturated rings. The van der Waals surface area contributed by atoms with Crippen LogP contribution in [0.2, 0.25) is 0 Å². The number of aromatic amines is 1. The molecule has 0 bridgehead atoms. The number of aromatic nitrogens is 3. The van der Waals surface area contributed by atoms with Crippen LogP contribution in [-0.4, -0.2) is 52.2 Å². The second kappa shape index (κ2) is 6.17. The van der Waals surface area contributed by atoms with E-state index < -0.39 is 0 Å². The van der Waals surface area contributed by atoms with Gasteiger partial charge >= 0.3 is 0 Å². The van der Waals surface area contributed by atoms with E-state index in [1.165, 1.54) is 0 Å². The summed E-state index contributed by atoms with van der Waals surface area (Å²) >= 11 is 0. The van der Waals surface area contributed by atoms with Gasteiger partial charge < -0.3 is 9.80 Å². The van der Waals surface area contributed by atoms with E-state index in [0.717, 1.165) is 24.6 Å². The van der Waals surface area contributed by atoms with E-state index in [1.807, 2.05) is 29.2 Å². The third kappa shape index (κ3) is 2.95. The van der Waals surface area contributed by atoms with E-state index in [0.29, 0.717) is 24.7 Å².